The number of rotatable bonds is 6. The Morgan fingerprint density at radius 1 is 1.00 bits per heavy atom. The van der Waals surface area contributed by atoms with Crippen LogP contribution in [0.2, 0.25) is 0 Å². The minimum atomic E-state index is -5.08. The Balaban J connectivity index is 0.000000429. The van der Waals surface area contributed by atoms with Gasteiger partial charge >= 0.3 is 12.1 Å². The predicted molar refractivity (Wildman–Crippen MR) is 121 cm³/mol. The molecule has 10 heteroatoms. The molecule has 4 rings (SSSR count). The highest BCUT2D eigenvalue weighted by Crippen LogP contribution is 2.24. The number of hydrogen-bond acceptors (Lipinski definition) is 4. The van der Waals surface area contributed by atoms with Crippen molar-refractivity contribution in [3.8, 4) is 5.75 Å². The summed E-state index contributed by atoms with van der Waals surface area (Å²) in [6, 6.07) is 14.0. The molecular formula is C25H28F4N2O4. The number of carboxylic acid groups (broad SMARTS) is 1. The molecule has 0 bridgehead atoms. The van der Waals surface area contributed by atoms with Crippen LogP contribution in [-0.2, 0) is 11.4 Å². The Morgan fingerprint density at radius 3 is 2.26 bits per heavy atom. The van der Waals surface area contributed by atoms with E-state index in [4.69, 9.17) is 14.6 Å². The highest BCUT2D eigenvalue weighted by atomic mass is 19.4. The topological polar surface area (TPSA) is 70.1 Å². The van der Waals surface area contributed by atoms with Crippen molar-refractivity contribution in [2.45, 2.75) is 44.5 Å². The van der Waals surface area contributed by atoms with Crippen LogP contribution in [0, 0.1) is 5.82 Å². The third-order valence-corrected chi connectivity index (χ3v) is 5.94. The summed E-state index contributed by atoms with van der Waals surface area (Å²) in [5, 5.41) is 7.12. The van der Waals surface area contributed by atoms with E-state index in [1.807, 2.05) is 35.2 Å². The second-order valence-corrected chi connectivity index (χ2v) is 8.55. The maximum Gasteiger partial charge on any atom is 0.490 e. The minimum Gasteiger partial charge on any atom is -0.489 e. The summed E-state index contributed by atoms with van der Waals surface area (Å²) < 4.78 is 50.7. The van der Waals surface area contributed by atoms with Gasteiger partial charge in [0.25, 0.3) is 5.91 Å². The van der Waals surface area contributed by atoms with Crippen molar-refractivity contribution in [1.82, 2.24) is 9.80 Å². The summed E-state index contributed by atoms with van der Waals surface area (Å²) in [5.74, 6) is -2.24. The lowest BCUT2D eigenvalue weighted by molar-refractivity contribution is -0.192. The normalized spacial score (nSPS) is 18.2. The zero-order valence-corrected chi connectivity index (χ0v) is 19.1. The van der Waals surface area contributed by atoms with Crippen molar-refractivity contribution < 1.29 is 37.0 Å². The number of carbonyl (C=O) groups excluding carboxylic acids is 1. The SMILES string of the molecule is O=C(O)C(F)(F)F.O=C(c1ccc(OCc2cccc(F)c2)cc1)N1CCCC1CN1CCCC1. The van der Waals surface area contributed by atoms with Crippen LogP contribution in [0.3, 0.4) is 0 Å². The Labute approximate surface area is 201 Å². The van der Waals surface area contributed by atoms with Crippen molar-refractivity contribution in [3.05, 3.63) is 65.5 Å². The van der Waals surface area contributed by atoms with Crippen LogP contribution >= 0.6 is 0 Å². The first-order valence-electron chi connectivity index (χ1n) is 11.4. The number of nitrogens with zero attached hydrogens (tertiary/aromatic N) is 2. The number of amides is 1. The number of alkyl halides is 3. The van der Waals surface area contributed by atoms with Crippen LogP contribution in [-0.4, -0.2) is 65.2 Å². The molecule has 1 N–H and O–H groups in total. The highest BCUT2D eigenvalue weighted by molar-refractivity contribution is 5.94. The quantitative estimate of drug-likeness (QED) is 0.586. The molecule has 6 nitrogen and oxygen atoms in total. The lowest BCUT2D eigenvalue weighted by Crippen LogP contribution is -2.42. The van der Waals surface area contributed by atoms with Crippen LogP contribution in [0.25, 0.3) is 0 Å². The van der Waals surface area contributed by atoms with Gasteiger partial charge in [-0.3, -0.25) is 4.79 Å². The molecule has 2 aromatic carbocycles. The van der Waals surface area contributed by atoms with Crippen molar-refractivity contribution in [2.75, 3.05) is 26.2 Å². The van der Waals surface area contributed by atoms with Gasteiger partial charge in [0.05, 0.1) is 0 Å². The van der Waals surface area contributed by atoms with Crippen LogP contribution < -0.4 is 4.74 Å². The predicted octanol–water partition coefficient (Wildman–Crippen LogP) is 4.74. The molecule has 2 saturated heterocycles. The zero-order chi connectivity index (χ0) is 25.4. The molecule has 1 amide bonds. The van der Waals surface area contributed by atoms with Crippen molar-refractivity contribution >= 4 is 11.9 Å². The lowest BCUT2D eigenvalue weighted by Gasteiger charge is -2.28. The van der Waals surface area contributed by atoms with Gasteiger partial charge in [-0.15, -0.1) is 0 Å². The molecule has 1 atom stereocenters. The van der Waals surface area contributed by atoms with Crippen molar-refractivity contribution in [3.63, 3.8) is 0 Å². The molecule has 2 heterocycles. The van der Waals surface area contributed by atoms with Gasteiger partial charge < -0.3 is 19.6 Å². The summed E-state index contributed by atoms with van der Waals surface area (Å²) in [5.41, 5.74) is 1.48. The molecule has 2 aromatic rings. The van der Waals surface area contributed by atoms with E-state index in [0.717, 1.165) is 44.6 Å². The van der Waals surface area contributed by atoms with Crippen LogP contribution in [0.4, 0.5) is 17.6 Å². The van der Waals surface area contributed by atoms with E-state index >= 15 is 0 Å². The monoisotopic (exact) mass is 496 g/mol. The van der Waals surface area contributed by atoms with Crippen molar-refractivity contribution in [1.29, 1.82) is 0 Å². The van der Waals surface area contributed by atoms with Gasteiger partial charge in [0.15, 0.2) is 0 Å². The van der Waals surface area contributed by atoms with E-state index in [0.29, 0.717) is 24.0 Å². The summed E-state index contributed by atoms with van der Waals surface area (Å²) in [7, 11) is 0. The lowest BCUT2D eigenvalue weighted by atomic mass is 10.1. The Kier molecular flexibility index (Phi) is 9.08. The van der Waals surface area contributed by atoms with Crippen LogP contribution in [0.15, 0.2) is 48.5 Å². The number of benzene rings is 2. The number of hydrogen-bond donors (Lipinski definition) is 1. The maximum atomic E-state index is 13.2. The number of ether oxygens (including phenoxy) is 1. The second kappa shape index (κ2) is 12.0. The fraction of sp³-hybridized carbons (Fsp3) is 0.440. The van der Waals surface area contributed by atoms with E-state index in [-0.39, 0.29) is 11.7 Å². The smallest absolute Gasteiger partial charge is 0.489 e. The average molecular weight is 497 g/mol. The van der Waals surface area contributed by atoms with E-state index in [9.17, 15) is 22.4 Å². The van der Waals surface area contributed by atoms with Gasteiger partial charge in [-0.05, 0) is 80.7 Å². The molecule has 190 valence electrons. The number of aliphatic carboxylic acids is 1. The van der Waals surface area contributed by atoms with Gasteiger partial charge in [-0.25, -0.2) is 9.18 Å². The van der Waals surface area contributed by atoms with E-state index < -0.39 is 12.1 Å². The van der Waals surface area contributed by atoms with E-state index in [1.54, 1.807) is 6.07 Å². The Bertz CT molecular complexity index is 992. The van der Waals surface area contributed by atoms with Gasteiger partial charge in [-0.2, -0.15) is 13.2 Å². The Hall–Kier alpha value is -3.14. The molecule has 2 aliphatic heterocycles. The summed E-state index contributed by atoms with van der Waals surface area (Å²) in [4.78, 5) is 26.4. The number of carbonyl (C=O) groups is 2. The molecule has 0 spiro atoms. The largest absolute Gasteiger partial charge is 0.490 e. The number of carboxylic acids is 1. The molecule has 35 heavy (non-hydrogen) atoms. The van der Waals surface area contributed by atoms with Gasteiger partial charge in [0.2, 0.25) is 0 Å². The summed E-state index contributed by atoms with van der Waals surface area (Å²) in [6.07, 6.45) is -0.356. The molecule has 2 fully saturated rings. The maximum absolute atomic E-state index is 13.2. The van der Waals surface area contributed by atoms with Crippen LogP contribution in [0.1, 0.15) is 41.6 Å². The average Bonchev–Trinajstić information content (AvgIpc) is 3.50. The summed E-state index contributed by atoms with van der Waals surface area (Å²) >= 11 is 0. The molecule has 2 aliphatic rings. The highest BCUT2D eigenvalue weighted by Gasteiger charge is 2.38. The van der Waals surface area contributed by atoms with Crippen LogP contribution in [0.5, 0.6) is 5.75 Å². The zero-order valence-electron chi connectivity index (χ0n) is 19.1. The molecule has 0 saturated carbocycles. The third-order valence-electron chi connectivity index (χ3n) is 5.94. The fourth-order valence-electron chi connectivity index (χ4n) is 4.21. The summed E-state index contributed by atoms with van der Waals surface area (Å²) in [6.45, 7) is 4.47. The second-order valence-electron chi connectivity index (χ2n) is 8.55. The first-order chi connectivity index (χ1) is 16.6. The first-order valence-corrected chi connectivity index (χ1v) is 11.4. The van der Waals surface area contributed by atoms with E-state index in [2.05, 4.69) is 4.90 Å². The standard InChI is InChI=1S/C23H27FN2O2.C2HF3O2/c24-20-6-3-5-18(15-20)17-28-22-10-8-19(9-11-22)23(27)26-14-4-7-21(26)16-25-12-1-2-13-25;3-2(4,5)1(6)7/h3,5-6,8-11,15,21H,1-2,4,7,12-14,16-17H2;(H,6,7). The van der Waals surface area contributed by atoms with Crippen molar-refractivity contribution in [2.24, 2.45) is 0 Å². The molecule has 0 aromatic heterocycles. The molecule has 0 radical (unpaired) electrons. The first kappa shape index (κ1) is 26.5. The minimum absolute atomic E-state index is 0.110. The van der Waals surface area contributed by atoms with Gasteiger partial charge in [0, 0.05) is 24.7 Å². The Morgan fingerprint density at radius 2 is 1.66 bits per heavy atom. The van der Waals surface area contributed by atoms with E-state index in [1.165, 1.54) is 25.0 Å². The fourth-order valence-corrected chi connectivity index (χ4v) is 4.21. The van der Waals surface area contributed by atoms with Gasteiger partial charge in [0.1, 0.15) is 18.2 Å². The van der Waals surface area contributed by atoms with Gasteiger partial charge in [-0.1, -0.05) is 12.1 Å². The molecule has 0 aliphatic carbocycles. The third kappa shape index (κ3) is 7.95. The molecular weight excluding hydrogens is 468 g/mol. The molecule has 1 unspecified atom stereocenters. The number of likely N-dealkylation sites (tertiary alicyclic amines) is 2. The number of halogens is 4.